The highest BCUT2D eigenvalue weighted by atomic mass is 35.5. The summed E-state index contributed by atoms with van der Waals surface area (Å²) >= 11 is 5.82. The van der Waals surface area contributed by atoms with Gasteiger partial charge in [-0.3, -0.25) is 15.0 Å². The molecule has 106 valence electrons. The molecule has 19 heavy (non-hydrogen) atoms. The third kappa shape index (κ3) is 4.34. The smallest absolute Gasteiger partial charge is 0.312 e. The van der Waals surface area contributed by atoms with E-state index >= 15 is 0 Å². The van der Waals surface area contributed by atoms with Crippen LogP contribution >= 0.6 is 11.6 Å². The Morgan fingerprint density at radius 2 is 2.11 bits per heavy atom. The molecule has 0 aliphatic carbocycles. The first-order chi connectivity index (χ1) is 8.99. The molecule has 0 spiro atoms. The Balaban J connectivity index is 3.02. The largest absolute Gasteiger partial charge is 0.502 e. The summed E-state index contributed by atoms with van der Waals surface area (Å²) in [6, 6.07) is 2.63. The fourth-order valence-corrected chi connectivity index (χ4v) is 2.10. The molecule has 7 heteroatoms. The molecule has 0 unspecified atom stereocenters. The van der Waals surface area contributed by atoms with Crippen molar-refractivity contribution in [3.05, 3.63) is 32.8 Å². The Hall–Kier alpha value is -1.37. The number of nitro groups is 1. The predicted octanol–water partition coefficient (Wildman–Crippen LogP) is 2.16. The number of aliphatic hydroxyl groups is 1. The van der Waals surface area contributed by atoms with Crippen molar-refractivity contribution in [3.8, 4) is 5.75 Å². The van der Waals surface area contributed by atoms with E-state index in [9.17, 15) is 15.2 Å². The number of halogens is 1. The summed E-state index contributed by atoms with van der Waals surface area (Å²) in [6.07, 6.45) is 0.878. The van der Waals surface area contributed by atoms with Crippen molar-refractivity contribution >= 4 is 17.3 Å². The zero-order chi connectivity index (χ0) is 14.4. The molecule has 1 aromatic rings. The Morgan fingerprint density at radius 1 is 1.42 bits per heavy atom. The number of hydrogen-bond donors (Lipinski definition) is 2. The molecular formula is C12H17ClN2O4. The molecule has 0 aliphatic heterocycles. The van der Waals surface area contributed by atoms with E-state index in [1.165, 1.54) is 6.07 Å². The third-order valence-corrected chi connectivity index (χ3v) is 2.90. The molecule has 1 rings (SSSR count). The molecule has 0 atom stereocenters. The number of aliphatic hydroxyl groups excluding tert-OH is 1. The van der Waals surface area contributed by atoms with Gasteiger partial charge in [-0.05, 0) is 19.0 Å². The lowest BCUT2D eigenvalue weighted by Gasteiger charge is -2.21. The van der Waals surface area contributed by atoms with Crippen LogP contribution in [0.15, 0.2) is 12.1 Å². The Morgan fingerprint density at radius 3 is 2.63 bits per heavy atom. The highest BCUT2D eigenvalue weighted by molar-refractivity contribution is 6.31. The van der Waals surface area contributed by atoms with E-state index in [1.807, 2.05) is 11.8 Å². The molecule has 0 aromatic heterocycles. The van der Waals surface area contributed by atoms with Gasteiger partial charge in [-0.2, -0.15) is 0 Å². The molecule has 0 bridgehead atoms. The number of nitrogens with zero attached hydrogens (tertiary/aromatic N) is 2. The summed E-state index contributed by atoms with van der Waals surface area (Å²) in [5, 5.41) is 29.9. The second kappa shape index (κ2) is 7.28. The van der Waals surface area contributed by atoms with Gasteiger partial charge in [-0.25, -0.2) is 0 Å². The van der Waals surface area contributed by atoms with E-state index in [4.69, 9.17) is 16.7 Å². The standard InChI is InChI=1S/C12H17ClN2O4/c1-2-3-14(4-5-16)8-9-6-10(13)7-11(12(9)17)15(18)19/h6-7,16-17H,2-5,8H2,1H3. The summed E-state index contributed by atoms with van der Waals surface area (Å²) in [6.45, 7) is 3.45. The van der Waals surface area contributed by atoms with Crippen molar-refractivity contribution in [1.82, 2.24) is 4.90 Å². The van der Waals surface area contributed by atoms with Crippen molar-refractivity contribution in [2.24, 2.45) is 0 Å². The monoisotopic (exact) mass is 288 g/mol. The van der Waals surface area contributed by atoms with Gasteiger partial charge in [0.15, 0.2) is 5.75 Å². The fourth-order valence-electron chi connectivity index (χ4n) is 1.87. The van der Waals surface area contributed by atoms with Gasteiger partial charge in [-0.1, -0.05) is 18.5 Å². The van der Waals surface area contributed by atoms with Crippen LogP contribution in [0.1, 0.15) is 18.9 Å². The van der Waals surface area contributed by atoms with Gasteiger partial charge >= 0.3 is 5.69 Å². The summed E-state index contributed by atoms with van der Waals surface area (Å²) in [7, 11) is 0. The normalized spacial score (nSPS) is 10.9. The maximum Gasteiger partial charge on any atom is 0.312 e. The SMILES string of the molecule is CCCN(CCO)Cc1cc(Cl)cc([N+](=O)[O-])c1O. The van der Waals surface area contributed by atoms with Crippen LogP contribution in [-0.4, -0.2) is 39.7 Å². The predicted molar refractivity (Wildman–Crippen MR) is 72.4 cm³/mol. The number of aromatic hydroxyl groups is 1. The number of hydrogen-bond acceptors (Lipinski definition) is 5. The van der Waals surface area contributed by atoms with Crippen LogP contribution in [0.4, 0.5) is 5.69 Å². The molecule has 2 N–H and O–H groups in total. The molecule has 0 fully saturated rings. The van der Waals surface area contributed by atoms with Crippen LogP contribution < -0.4 is 0 Å². The maximum atomic E-state index is 10.8. The van der Waals surface area contributed by atoms with Crippen molar-refractivity contribution in [3.63, 3.8) is 0 Å². The molecule has 0 saturated heterocycles. The summed E-state index contributed by atoms with van der Waals surface area (Å²) in [4.78, 5) is 12.0. The van der Waals surface area contributed by atoms with Gasteiger partial charge in [-0.15, -0.1) is 0 Å². The number of rotatable bonds is 7. The second-order valence-electron chi connectivity index (χ2n) is 4.19. The highest BCUT2D eigenvalue weighted by Crippen LogP contribution is 2.33. The van der Waals surface area contributed by atoms with E-state index in [0.717, 1.165) is 19.0 Å². The van der Waals surface area contributed by atoms with Crippen LogP contribution in [0.3, 0.4) is 0 Å². The third-order valence-electron chi connectivity index (χ3n) is 2.68. The van der Waals surface area contributed by atoms with Crippen molar-refractivity contribution in [2.75, 3.05) is 19.7 Å². The van der Waals surface area contributed by atoms with Crippen molar-refractivity contribution in [1.29, 1.82) is 0 Å². The van der Waals surface area contributed by atoms with Gasteiger partial charge in [0, 0.05) is 29.7 Å². The van der Waals surface area contributed by atoms with Crippen LogP contribution in [0.5, 0.6) is 5.75 Å². The van der Waals surface area contributed by atoms with Gasteiger partial charge < -0.3 is 10.2 Å². The van der Waals surface area contributed by atoms with Crippen molar-refractivity contribution in [2.45, 2.75) is 19.9 Å². The molecule has 1 aromatic carbocycles. The van der Waals surface area contributed by atoms with Gasteiger partial charge in [0.05, 0.1) is 11.5 Å². The average molecular weight is 289 g/mol. The lowest BCUT2D eigenvalue weighted by atomic mass is 10.1. The molecule has 0 heterocycles. The topological polar surface area (TPSA) is 86.8 Å². The molecular weight excluding hydrogens is 272 g/mol. The Labute approximate surface area is 116 Å². The molecule has 0 amide bonds. The van der Waals surface area contributed by atoms with E-state index in [2.05, 4.69) is 0 Å². The van der Waals surface area contributed by atoms with E-state index < -0.39 is 10.6 Å². The van der Waals surface area contributed by atoms with Crippen LogP contribution in [0.25, 0.3) is 0 Å². The lowest BCUT2D eigenvalue weighted by molar-refractivity contribution is -0.385. The van der Waals surface area contributed by atoms with Crippen molar-refractivity contribution < 1.29 is 15.1 Å². The first-order valence-corrected chi connectivity index (χ1v) is 6.36. The van der Waals surface area contributed by atoms with E-state index in [0.29, 0.717) is 18.7 Å². The Bertz CT molecular complexity index is 448. The van der Waals surface area contributed by atoms with Crippen LogP contribution in [0, 0.1) is 10.1 Å². The summed E-state index contributed by atoms with van der Waals surface area (Å²) in [5.41, 5.74) is -0.0101. The van der Waals surface area contributed by atoms with Gasteiger partial charge in [0.2, 0.25) is 0 Å². The van der Waals surface area contributed by atoms with Gasteiger partial charge in [0.25, 0.3) is 0 Å². The molecule has 6 nitrogen and oxygen atoms in total. The van der Waals surface area contributed by atoms with E-state index in [1.54, 1.807) is 0 Å². The molecule has 0 saturated carbocycles. The minimum atomic E-state index is -0.666. The summed E-state index contributed by atoms with van der Waals surface area (Å²) < 4.78 is 0. The first kappa shape index (κ1) is 15.7. The minimum Gasteiger partial charge on any atom is -0.502 e. The number of phenols is 1. The lowest BCUT2D eigenvalue weighted by Crippen LogP contribution is -2.27. The highest BCUT2D eigenvalue weighted by Gasteiger charge is 2.20. The van der Waals surface area contributed by atoms with Crippen LogP contribution in [0.2, 0.25) is 5.02 Å². The number of benzene rings is 1. The molecule has 0 radical (unpaired) electrons. The average Bonchev–Trinajstić information content (AvgIpc) is 2.33. The minimum absolute atomic E-state index is 0.0105. The zero-order valence-electron chi connectivity index (χ0n) is 10.7. The quantitative estimate of drug-likeness (QED) is 0.593. The Kier molecular flexibility index (Phi) is 6.01. The molecule has 0 aliphatic rings. The first-order valence-electron chi connectivity index (χ1n) is 5.98. The maximum absolute atomic E-state index is 10.8. The fraction of sp³-hybridized carbons (Fsp3) is 0.500. The number of nitro benzene ring substituents is 1. The van der Waals surface area contributed by atoms with Crippen LogP contribution in [-0.2, 0) is 6.54 Å². The summed E-state index contributed by atoms with van der Waals surface area (Å²) in [5.74, 6) is -0.367. The zero-order valence-corrected chi connectivity index (χ0v) is 11.4. The van der Waals surface area contributed by atoms with E-state index in [-0.39, 0.29) is 17.4 Å². The van der Waals surface area contributed by atoms with Gasteiger partial charge in [0.1, 0.15) is 0 Å². The second-order valence-corrected chi connectivity index (χ2v) is 4.63. The number of phenolic OH excluding ortho intramolecular Hbond substituents is 1.